The number of rotatable bonds is 4. The number of thioether (sulfide) groups is 1. The van der Waals surface area contributed by atoms with Crippen LogP contribution in [0.3, 0.4) is 0 Å². The molecular weight excluding hydrogens is 278 g/mol. The summed E-state index contributed by atoms with van der Waals surface area (Å²) in [6.45, 7) is 6.00. The Morgan fingerprint density at radius 1 is 0.952 bits per heavy atom. The molecule has 1 amide bonds. The van der Waals surface area contributed by atoms with Crippen LogP contribution in [0.5, 0.6) is 0 Å². The molecule has 2 aromatic rings. The van der Waals surface area contributed by atoms with E-state index in [1.54, 1.807) is 11.8 Å². The van der Waals surface area contributed by atoms with Gasteiger partial charge in [0, 0.05) is 10.4 Å². The number of nitrogens with one attached hydrogen (secondary N) is 1. The van der Waals surface area contributed by atoms with E-state index >= 15 is 0 Å². The summed E-state index contributed by atoms with van der Waals surface area (Å²) in [6, 6.07) is 19.9. The van der Waals surface area contributed by atoms with Gasteiger partial charge in [0.15, 0.2) is 0 Å². The second kappa shape index (κ2) is 6.81. The van der Waals surface area contributed by atoms with Crippen LogP contribution in [0.4, 0.5) is 0 Å². The van der Waals surface area contributed by atoms with Crippen molar-refractivity contribution >= 4 is 17.7 Å². The number of benzene rings is 2. The van der Waals surface area contributed by atoms with Crippen molar-refractivity contribution in [1.29, 1.82) is 0 Å². The van der Waals surface area contributed by atoms with E-state index in [4.69, 9.17) is 0 Å². The summed E-state index contributed by atoms with van der Waals surface area (Å²) in [6.07, 6.45) is 0. The molecule has 0 saturated heterocycles. The fraction of sp³-hybridized carbons (Fsp3) is 0.278. The first-order valence-electron chi connectivity index (χ1n) is 7.04. The van der Waals surface area contributed by atoms with E-state index in [2.05, 4.69) is 5.32 Å². The lowest BCUT2D eigenvalue weighted by molar-refractivity contribution is -0.122. The lowest BCUT2D eigenvalue weighted by Gasteiger charge is -2.25. The van der Waals surface area contributed by atoms with Crippen LogP contribution in [0.15, 0.2) is 65.6 Å². The van der Waals surface area contributed by atoms with Crippen LogP contribution in [0.1, 0.15) is 31.6 Å². The van der Waals surface area contributed by atoms with E-state index in [9.17, 15) is 4.79 Å². The number of carbonyl (C=O) groups excluding carboxylic acids is 1. The molecule has 1 atom stereocenters. The molecule has 0 bridgehead atoms. The highest BCUT2D eigenvalue weighted by molar-refractivity contribution is 8.00. The second-order valence-corrected chi connectivity index (χ2v) is 7.14. The van der Waals surface area contributed by atoms with E-state index in [1.165, 1.54) is 0 Å². The molecular formula is C18H21NOS. The van der Waals surface area contributed by atoms with Gasteiger partial charge in [-0.15, -0.1) is 11.8 Å². The summed E-state index contributed by atoms with van der Waals surface area (Å²) in [5.74, 6) is 0.0440. The fourth-order valence-corrected chi connectivity index (χ4v) is 3.02. The molecule has 110 valence electrons. The van der Waals surface area contributed by atoms with Crippen LogP contribution in [-0.2, 0) is 4.79 Å². The van der Waals surface area contributed by atoms with Crippen LogP contribution in [-0.4, -0.2) is 11.4 Å². The van der Waals surface area contributed by atoms with Crippen molar-refractivity contribution in [3.05, 3.63) is 66.2 Å². The summed E-state index contributed by atoms with van der Waals surface area (Å²) in [4.78, 5) is 13.7. The summed E-state index contributed by atoms with van der Waals surface area (Å²) < 4.78 is 0. The number of hydrogen-bond donors (Lipinski definition) is 1. The van der Waals surface area contributed by atoms with Crippen molar-refractivity contribution < 1.29 is 4.79 Å². The lowest BCUT2D eigenvalue weighted by atomic mass is 10.1. The Hall–Kier alpha value is -1.74. The first kappa shape index (κ1) is 15.6. The zero-order chi connectivity index (χ0) is 15.3. The van der Waals surface area contributed by atoms with E-state index in [0.29, 0.717) is 0 Å². The molecule has 0 aromatic heterocycles. The largest absolute Gasteiger partial charge is 0.350 e. The minimum Gasteiger partial charge on any atom is -0.350 e. The molecule has 0 aliphatic rings. The molecule has 1 unspecified atom stereocenters. The van der Waals surface area contributed by atoms with Gasteiger partial charge in [-0.2, -0.15) is 0 Å². The van der Waals surface area contributed by atoms with Gasteiger partial charge in [0.25, 0.3) is 0 Å². The molecule has 0 aliphatic carbocycles. The van der Waals surface area contributed by atoms with E-state index in [0.717, 1.165) is 10.5 Å². The van der Waals surface area contributed by atoms with Crippen LogP contribution in [0, 0.1) is 0 Å². The number of carbonyl (C=O) groups is 1. The van der Waals surface area contributed by atoms with Crippen molar-refractivity contribution in [2.45, 2.75) is 36.5 Å². The third kappa shape index (κ3) is 4.94. The van der Waals surface area contributed by atoms with Gasteiger partial charge < -0.3 is 5.32 Å². The topological polar surface area (TPSA) is 29.1 Å². The average molecular weight is 299 g/mol. The molecule has 0 radical (unpaired) electrons. The molecule has 0 saturated carbocycles. The smallest absolute Gasteiger partial charge is 0.238 e. The lowest BCUT2D eigenvalue weighted by Crippen LogP contribution is -2.42. The summed E-state index contributed by atoms with van der Waals surface area (Å²) in [5.41, 5.74) is 0.787. The van der Waals surface area contributed by atoms with Crippen molar-refractivity contribution in [1.82, 2.24) is 5.32 Å². The normalized spacial score (nSPS) is 12.7. The van der Waals surface area contributed by atoms with Gasteiger partial charge in [0.05, 0.1) is 0 Å². The van der Waals surface area contributed by atoms with Gasteiger partial charge in [0.1, 0.15) is 5.25 Å². The zero-order valence-electron chi connectivity index (χ0n) is 12.7. The Morgan fingerprint density at radius 3 is 2.00 bits per heavy atom. The zero-order valence-corrected chi connectivity index (χ0v) is 13.5. The summed E-state index contributed by atoms with van der Waals surface area (Å²) in [5, 5.41) is 2.84. The van der Waals surface area contributed by atoms with Gasteiger partial charge in [-0.3, -0.25) is 4.79 Å². The number of amides is 1. The second-order valence-electron chi connectivity index (χ2n) is 5.96. The van der Waals surface area contributed by atoms with Gasteiger partial charge in [-0.1, -0.05) is 48.5 Å². The van der Waals surface area contributed by atoms with E-state index in [1.807, 2.05) is 81.4 Å². The minimum atomic E-state index is -0.243. The third-order valence-corrected chi connectivity index (χ3v) is 4.10. The van der Waals surface area contributed by atoms with E-state index < -0.39 is 0 Å². The molecule has 0 spiro atoms. The maximum Gasteiger partial charge on any atom is 0.238 e. The van der Waals surface area contributed by atoms with Crippen LogP contribution >= 0.6 is 11.8 Å². The summed E-state index contributed by atoms with van der Waals surface area (Å²) in [7, 11) is 0. The molecule has 21 heavy (non-hydrogen) atoms. The van der Waals surface area contributed by atoms with E-state index in [-0.39, 0.29) is 16.7 Å². The highest BCUT2D eigenvalue weighted by Crippen LogP contribution is 2.35. The van der Waals surface area contributed by atoms with Gasteiger partial charge >= 0.3 is 0 Å². The molecule has 0 heterocycles. The summed E-state index contributed by atoms with van der Waals surface area (Å²) >= 11 is 1.58. The molecule has 3 heteroatoms. The standard InChI is InChI=1S/C18H21NOS/c1-18(2,3)19-17(20)16(14-10-6-4-7-11-14)21-15-12-8-5-9-13-15/h4-13,16H,1-3H3,(H,19,20). The predicted octanol–water partition coefficient (Wildman–Crippen LogP) is 4.43. The monoisotopic (exact) mass is 299 g/mol. The van der Waals surface area contributed by atoms with Gasteiger partial charge in [-0.05, 0) is 38.5 Å². The quantitative estimate of drug-likeness (QED) is 0.846. The Labute approximate surface area is 131 Å². The predicted molar refractivity (Wildman–Crippen MR) is 89.4 cm³/mol. The maximum absolute atomic E-state index is 12.6. The minimum absolute atomic E-state index is 0.0440. The van der Waals surface area contributed by atoms with Crippen LogP contribution in [0.2, 0.25) is 0 Å². The first-order valence-corrected chi connectivity index (χ1v) is 7.92. The molecule has 0 aliphatic heterocycles. The van der Waals surface area contributed by atoms with Gasteiger partial charge in [0.2, 0.25) is 5.91 Å². The molecule has 0 fully saturated rings. The molecule has 2 aromatic carbocycles. The van der Waals surface area contributed by atoms with Crippen molar-refractivity contribution in [3.63, 3.8) is 0 Å². The first-order chi connectivity index (χ1) is 9.96. The Bertz CT molecular complexity index is 575. The van der Waals surface area contributed by atoms with Crippen molar-refractivity contribution in [3.8, 4) is 0 Å². The average Bonchev–Trinajstić information content (AvgIpc) is 2.45. The van der Waals surface area contributed by atoms with Crippen LogP contribution in [0.25, 0.3) is 0 Å². The third-order valence-electron chi connectivity index (χ3n) is 2.84. The Morgan fingerprint density at radius 2 is 1.48 bits per heavy atom. The highest BCUT2D eigenvalue weighted by atomic mass is 32.2. The Kier molecular flexibility index (Phi) is 5.07. The molecule has 2 rings (SSSR count). The molecule has 2 nitrogen and oxygen atoms in total. The molecule has 1 N–H and O–H groups in total. The van der Waals surface area contributed by atoms with Crippen molar-refractivity contribution in [2.75, 3.05) is 0 Å². The SMILES string of the molecule is CC(C)(C)NC(=O)C(Sc1ccccc1)c1ccccc1. The highest BCUT2D eigenvalue weighted by Gasteiger charge is 2.25. The van der Waals surface area contributed by atoms with Gasteiger partial charge in [-0.25, -0.2) is 0 Å². The maximum atomic E-state index is 12.6. The number of hydrogen-bond acceptors (Lipinski definition) is 2. The van der Waals surface area contributed by atoms with Crippen molar-refractivity contribution in [2.24, 2.45) is 0 Å². The Balaban J connectivity index is 2.25. The van der Waals surface area contributed by atoms with Crippen LogP contribution < -0.4 is 5.32 Å². The fourth-order valence-electron chi connectivity index (χ4n) is 1.97.